The van der Waals surface area contributed by atoms with Gasteiger partial charge in [-0.2, -0.15) is 0 Å². The van der Waals surface area contributed by atoms with Crippen molar-refractivity contribution in [2.75, 3.05) is 25.2 Å². The second-order valence-corrected chi connectivity index (χ2v) is 7.45. The Morgan fingerprint density at radius 3 is 2.74 bits per heavy atom. The first-order valence-corrected chi connectivity index (χ1v) is 9.08. The Morgan fingerprint density at radius 1 is 1.37 bits per heavy atom. The lowest BCUT2D eigenvalue weighted by Gasteiger charge is -2.13. The van der Waals surface area contributed by atoms with Crippen molar-refractivity contribution in [1.29, 1.82) is 0 Å². The first-order chi connectivity index (χ1) is 8.94. The fraction of sp³-hybridized carbons (Fsp3) is 0.538. The second-order valence-electron chi connectivity index (χ2n) is 4.34. The van der Waals surface area contributed by atoms with Crippen molar-refractivity contribution in [3.8, 4) is 5.75 Å². The van der Waals surface area contributed by atoms with Crippen LogP contribution in [0.2, 0.25) is 0 Å². The highest BCUT2D eigenvalue weighted by atomic mass is 79.9. The topological polar surface area (TPSA) is 55.4 Å². The van der Waals surface area contributed by atoms with Crippen molar-refractivity contribution in [2.45, 2.75) is 19.9 Å². The summed E-state index contributed by atoms with van der Waals surface area (Å²) < 4.78 is 28.7. The quantitative estimate of drug-likeness (QED) is 0.732. The van der Waals surface area contributed by atoms with Crippen LogP contribution in [-0.4, -0.2) is 33.6 Å². The summed E-state index contributed by atoms with van der Waals surface area (Å²) >= 11 is 3.46. The van der Waals surface area contributed by atoms with Crippen molar-refractivity contribution in [3.05, 3.63) is 28.2 Å². The molecule has 0 spiro atoms. The SMILES string of the molecule is CCNCc1cccc(Br)c1OCCCS(C)(=O)=O. The molecule has 0 radical (unpaired) electrons. The molecule has 1 aromatic rings. The Morgan fingerprint density at radius 2 is 2.11 bits per heavy atom. The lowest BCUT2D eigenvalue weighted by molar-refractivity contribution is 0.312. The Labute approximate surface area is 123 Å². The summed E-state index contributed by atoms with van der Waals surface area (Å²) in [6.45, 7) is 4.07. The third-order valence-corrected chi connectivity index (χ3v) is 4.17. The van der Waals surface area contributed by atoms with Crippen LogP contribution in [0, 0.1) is 0 Å². The van der Waals surface area contributed by atoms with Crippen molar-refractivity contribution >= 4 is 25.8 Å². The van der Waals surface area contributed by atoms with Gasteiger partial charge in [0, 0.05) is 18.4 Å². The largest absolute Gasteiger partial charge is 0.492 e. The van der Waals surface area contributed by atoms with E-state index in [0.717, 1.165) is 28.9 Å². The monoisotopic (exact) mass is 349 g/mol. The lowest BCUT2D eigenvalue weighted by atomic mass is 10.2. The molecule has 0 aliphatic carbocycles. The van der Waals surface area contributed by atoms with Crippen molar-refractivity contribution in [1.82, 2.24) is 5.32 Å². The maximum absolute atomic E-state index is 11.0. The molecular formula is C13H20BrNO3S. The summed E-state index contributed by atoms with van der Waals surface area (Å²) in [4.78, 5) is 0. The third-order valence-electron chi connectivity index (χ3n) is 2.52. The molecule has 0 fully saturated rings. The van der Waals surface area contributed by atoms with Crippen LogP contribution in [0.1, 0.15) is 18.9 Å². The minimum Gasteiger partial charge on any atom is -0.492 e. The number of ether oxygens (including phenoxy) is 1. The van der Waals surface area contributed by atoms with Crippen LogP contribution >= 0.6 is 15.9 Å². The van der Waals surface area contributed by atoms with Gasteiger partial charge in [-0.05, 0) is 35.0 Å². The number of hydrogen-bond acceptors (Lipinski definition) is 4. The molecule has 1 rings (SSSR count). The smallest absolute Gasteiger partial charge is 0.147 e. The van der Waals surface area contributed by atoms with Crippen molar-refractivity contribution in [2.24, 2.45) is 0 Å². The highest BCUT2D eigenvalue weighted by Gasteiger charge is 2.08. The highest BCUT2D eigenvalue weighted by molar-refractivity contribution is 9.10. The van der Waals surface area contributed by atoms with E-state index in [1.54, 1.807) is 0 Å². The van der Waals surface area contributed by atoms with Gasteiger partial charge >= 0.3 is 0 Å². The van der Waals surface area contributed by atoms with Crippen LogP contribution in [0.25, 0.3) is 0 Å². The Balaban J connectivity index is 2.60. The zero-order valence-corrected chi connectivity index (χ0v) is 13.7. The molecule has 1 N–H and O–H groups in total. The van der Waals surface area contributed by atoms with E-state index in [0.29, 0.717) is 13.0 Å². The summed E-state index contributed by atoms with van der Waals surface area (Å²) in [6, 6.07) is 5.88. The first kappa shape index (κ1) is 16.5. The molecule has 1 aromatic carbocycles. The maximum atomic E-state index is 11.0. The summed E-state index contributed by atoms with van der Waals surface area (Å²) in [5.41, 5.74) is 1.07. The molecule has 0 saturated heterocycles. The number of halogens is 1. The van der Waals surface area contributed by atoms with Crippen LogP contribution in [-0.2, 0) is 16.4 Å². The molecule has 0 aromatic heterocycles. The van der Waals surface area contributed by atoms with E-state index in [1.165, 1.54) is 6.26 Å². The van der Waals surface area contributed by atoms with Crippen LogP contribution < -0.4 is 10.1 Å². The van der Waals surface area contributed by atoms with Gasteiger partial charge in [0.15, 0.2) is 0 Å². The highest BCUT2D eigenvalue weighted by Crippen LogP contribution is 2.29. The van der Waals surface area contributed by atoms with Gasteiger partial charge in [0.2, 0.25) is 0 Å². The summed E-state index contributed by atoms with van der Waals surface area (Å²) in [7, 11) is -2.92. The summed E-state index contributed by atoms with van der Waals surface area (Å²) in [6.07, 6.45) is 1.74. The van der Waals surface area contributed by atoms with Gasteiger partial charge in [-0.15, -0.1) is 0 Å². The molecule has 0 amide bonds. The van der Waals surface area contributed by atoms with E-state index in [2.05, 4.69) is 21.2 Å². The van der Waals surface area contributed by atoms with Gasteiger partial charge in [-0.3, -0.25) is 0 Å². The Hall–Kier alpha value is -0.590. The number of sulfone groups is 1. The predicted molar refractivity (Wildman–Crippen MR) is 81.3 cm³/mol. The van der Waals surface area contributed by atoms with Gasteiger partial charge in [0.25, 0.3) is 0 Å². The fourth-order valence-corrected chi connectivity index (χ4v) is 2.77. The van der Waals surface area contributed by atoms with E-state index >= 15 is 0 Å². The molecule has 0 heterocycles. The van der Waals surface area contributed by atoms with Crippen molar-refractivity contribution < 1.29 is 13.2 Å². The van der Waals surface area contributed by atoms with Crippen molar-refractivity contribution in [3.63, 3.8) is 0 Å². The zero-order chi connectivity index (χ0) is 14.3. The molecule has 0 unspecified atom stereocenters. The zero-order valence-electron chi connectivity index (χ0n) is 11.3. The van der Waals surface area contributed by atoms with E-state index in [4.69, 9.17) is 4.74 Å². The van der Waals surface area contributed by atoms with Gasteiger partial charge in [0.05, 0.1) is 16.8 Å². The molecular weight excluding hydrogens is 330 g/mol. The third kappa shape index (κ3) is 6.40. The Bertz CT molecular complexity index is 503. The number of hydrogen-bond donors (Lipinski definition) is 1. The van der Waals surface area contributed by atoms with Crippen LogP contribution in [0.5, 0.6) is 5.75 Å². The van der Waals surface area contributed by atoms with Crippen LogP contribution in [0.15, 0.2) is 22.7 Å². The number of benzene rings is 1. The molecule has 108 valence electrons. The van der Waals surface area contributed by atoms with Gasteiger partial charge in [-0.1, -0.05) is 19.1 Å². The Kier molecular flexibility index (Phi) is 6.82. The molecule has 4 nitrogen and oxygen atoms in total. The molecule has 19 heavy (non-hydrogen) atoms. The average molecular weight is 350 g/mol. The number of rotatable bonds is 8. The first-order valence-electron chi connectivity index (χ1n) is 6.22. The van der Waals surface area contributed by atoms with E-state index < -0.39 is 9.84 Å². The average Bonchev–Trinajstić information content (AvgIpc) is 2.32. The molecule has 0 atom stereocenters. The van der Waals surface area contributed by atoms with Crippen LogP contribution in [0.3, 0.4) is 0 Å². The summed E-state index contributed by atoms with van der Waals surface area (Å²) in [5, 5.41) is 3.25. The second kappa shape index (κ2) is 7.87. The molecule has 6 heteroatoms. The predicted octanol–water partition coefficient (Wildman–Crippen LogP) is 2.37. The van der Waals surface area contributed by atoms with E-state index in [-0.39, 0.29) is 5.75 Å². The molecule has 0 saturated carbocycles. The minimum absolute atomic E-state index is 0.153. The molecule has 0 bridgehead atoms. The normalized spacial score (nSPS) is 11.5. The summed E-state index contributed by atoms with van der Waals surface area (Å²) in [5.74, 6) is 0.942. The number of nitrogens with one attached hydrogen (secondary N) is 1. The van der Waals surface area contributed by atoms with E-state index in [9.17, 15) is 8.42 Å². The van der Waals surface area contributed by atoms with Gasteiger partial charge in [-0.25, -0.2) is 8.42 Å². The number of para-hydroxylation sites is 1. The molecule has 0 aliphatic rings. The lowest BCUT2D eigenvalue weighted by Crippen LogP contribution is -2.14. The van der Waals surface area contributed by atoms with Crippen LogP contribution in [0.4, 0.5) is 0 Å². The minimum atomic E-state index is -2.92. The van der Waals surface area contributed by atoms with E-state index in [1.807, 2.05) is 25.1 Å². The standard InChI is InChI=1S/C13H20BrNO3S/c1-3-15-10-11-6-4-7-12(14)13(11)18-8-5-9-19(2,16)17/h4,6-7,15H,3,5,8-10H2,1-2H3. The fourth-order valence-electron chi connectivity index (χ4n) is 1.61. The maximum Gasteiger partial charge on any atom is 0.147 e. The van der Waals surface area contributed by atoms with Gasteiger partial charge in [0.1, 0.15) is 15.6 Å². The molecule has 0 aliphatic heterocycles. The van der Waals surface area contributed by atoms with Gasteiger partial charge < -0.3 is 10.1 Å².